The van der Waals surface area contributed by atoms with E-state index < -0.39 is 0 Å². The van der Waals surface area contributed by atoms with Gasteiger partial charge in [-0.25, -0.2) is 4.68 Å². The Morgan fingerprint density at radius 2 is 1.91 bits per heavy atom. The topological polar surface area (TPSA) is 46.9 Å². The van der Waals surface area contributed by atoms with Gasteiger partial charge in [0.25, 0.3) is 0 Å². The molecule has 0 saturated heterocycles. The number of fused-ring (bicyclic) bond motifs is 2. The Balaban J connectivity index is 1.91. The number of rotatable bonds is 2. The van der Waals surface area contributed by atoms with Gasteiger partial charge in [0.1, 0.15) is 5.82 Å². The number of amides is 1. The van der Waals surface area contributed by atoms with Crippen molar-refractivity contribution in [2.75, 3.05) is 5.32 Å². The number of carbonyl (C=O) groups is 1. The van der Waals surface area contributed by atoms with Gasteiger partial charge < -0.3 is 5.32 Å². The molecule has 1 aromatic heterocycles. The first kappa shape index (κ1) is 14.0. The number of nitrogens with zero attached hydrogens (tertiary/aromatic N) is 2. The van der Waals surface area contributed by atoms with Crippen molar-refractivity contribution >= 4 is 22.5 Å². The maximum atomic E-state index is 12.3. The molecule has 1 atom stereocenters. The second-order valence-electron chi connectivity index (χ2n) is 6.36. The maximum Gasteiger partial charge on any atom is 0.226 e. The molecule has 0 aliphatic carbocycles. The van der Waals surface area contributed by atoms with Gasteiger partial charge in [0.05, 0.1) is 6.20 Å². The zero-order chi connectivity index (χ0) is 16.0. The summed E-state index contributed by atoms with van der Waals surface area (Å²) in [4.78, 5) is 12.3. The number of hydrogen-bond donors (Lipinski definition) is 1. The van der Waals surface area contributed by atoms with Crippen molar-refractivity contribution in [1.82, 2.24) is 9.78 Å². The molecule has 2 heterocycles. The molecule has 4 nitrogen and oxygen atoms in total. The van der Waals surface area contributed by atoms with Crippen molar-refractivity contribution < 1.29 is 4.79 Å². The summed E-state index contributed by atoms with van der Waals surface area (Å²) in [6.07, 6.45) is 2.37. The van der Waals surface area contributed by atoms with Gasteiger partial charge in [-0.2, -0.15) is 5.10 Å². The normalized spacial score (nSPS) is 17.3. The monoisotopic (exact) mass is 305 g/mol. The maximum absolute atomic E-state index is 12.3. The molecule has 0 saturated carbocycles. The lowest BCUT2D eigenvalue weighted by atomic mass is 9.84. The van der Waals surface area contributed by atoms with Crippen LogP contribution in [0, 0.1) is 0 Å². The number of benzene rings is 2. The van der Waals surface area contributed by atoms with Crippen LogP contribution in [-0.2, 0) is 4.79 Å². The lowest BCUT2D eigenvalue weighted by Gasteiger charge is -2.25. The number of carbonyl (C=O) groups excluding carboxylic acids is 1. The van der Waals surface area contributed by atoms with Crippen LogP contribution in [-0.4, -0.2) is 15.7 Å². The highest BCUT2D eigenvalue weighted by Crippen LogP contribution is 2.40. The summed E-state index contributed by atoms with van der Waals surface area (Å²) in [5, 5.41) is 9.90. The fourth-order valence-electron chi connectivity index (χ4n) is 3.46. The molecular weight excluding hydrogens is 286 g/mol. The van der Waals surface area contributed by atoms with Crippen molar-refractivity contribution in [1.29, 1.82) is 0 Å². The number of aromatic nitrogens is 2. The summed E-state index contributed by atoms with van der Waals surface area (Å²) in [5.74, 6) is 0.948. The fraction of sp³-hybridized carbons (Fsp3) is 0.263. The van der Waals surface area contributed by atoms with Crippen molar-refractivity contribution in [3.63, 3.8) is 0 Å². The van der Waals surface area contributed by atoms with Crippen molar-refractivity contribution in [3.05, 3.63) is 59.8 Å². The fourth-order valence-corrected chi connectivity index (χ4v) is 3.46. The average Bonchev–Trinajstić information content (AvgIpc) is 2.97. The van der Waals surface area contributed by atoms with Crippen LogP contribution in [0.15, 0.2) is 48.7 Å². The summed E-state index contributed by atoms with van der Waals surface area (Å²) in [7, 11) is 0. The van der Waals surface area contributed by atoms with E-state index in [-0.39, 0.29) is 17.9 Å². The van der Waals surface area contributed by atoms with Gasteiger partial charge in [0.2, 0.25) is 5.91 Å². The van der Waals surface area contributed by atoms with Gasteiger partial charge in [-0.05, 0) is 30.2 Å². The van der Waals surface area contributed by atoms with E-state index in [0.29, 0.717) is 6.42 Å². The van der Waals surface area contributed by atoms with E-state index in [1.165, 1.54) is 16.3 Å². The Labute approximate surface area is 135 Å². The Hall–Kier alpha value is -2.62. The Morgan fingerprint density at radius 1 is 1.13 bits per heavy atom. The number of hydrogen-bond acceptors (Lipinski definition) is 2. The van der Waals surface area contributed by atoms with E-state index in [1.807, 2.05) is 23.0 Å². The van der Waals surface area contributed by atoms with Gasteiger partial charge in [-0.15, -0.1) is 0 Å². The molecule has 1 aliphatic heterocycles. The van der Waals surface area contributed by atoms with Gasteiger partial charge in [-0.1, -0.05) is 42.5 Å². The van der Waals surface area contributed by atoms with Crippen LogP contribution in [0.5, 0.6) is 0 Å². The van der Waals surface area contributed by atoms with Crippen LogP contribution in [0.3, 0.4) is 0 Å². The molecule has 4 rings (SSSR count). The van der Waals surface area contributed by atoms with Gasteiger partial charge in [0, 0.05) is 23.9 Å². The van der Waals surface area contributed by atoms with Crippen LogP contribution in [0.2, 0.25) is 0 Å². The molecule has 0 unspecified atom stereocenters. The van der Waals surface area contributed by atoms with Crippen molar-refractivity contribution in [3.8, 4) is 0 Å². The summed E-state index contributed by atoms with van der Waals surface area (Å²) < 4.78 is 1.89. The molecule has 0 fully saturated rings. The smallest absolute Gasteiger partial charge is 0.226 e. The highest BCUT2D eigenvalue weighted by atomic mass is 16.1. The van der Waals surface area contributed by atoms with Crippen molar-refractivity contribution in [2.45, 2.75) is 32.2 Å². The first-order valence-corrected chi connectivity index (χ1v) is 8.00. The second kappa shape index (κ2) is 5.23. The van der Waals surface area contributed by atoms with Gasteiger partial charge in [0.15, 0.2) is 0 Å². The van der Waals surface area contributed by atoms with E-state index in [0.717, 1.165) is 11.4 Å². The molecule has 0 bridgehead atoms. The highest BCUT2D eigenvalue weighted by Gasteiger charge is 2.31. The second-order valence-corrected chi connectivity index (χ2v) is 6.36. The minimum Gasteiger partial charge on any atom is -0.311 e. The van der Waals surface area contributed by atoms with Crippen LogP contribution in [0.25, 0.3) is 10.8 Å². The molecule has 4 heteroatoms. The lowest BCUT2D eigenvalue weighted by Crippen LogP contribution is -2.25. The largest absolute Gasteiger partial charge is 0.311 e. The molecule has 116 valence electrons. The Morgan fingerprint density at radius 3 is 2.74 bits per heavy atom. The summed E-state index contributed by atoms with van der Waals surface area (Å²) in [6, 6.07) is 14.9. The number of nitrogens with one attached hydrogen (secondary N) is 1. The Kier molecular flexibility index (Phi) is 3.18. The molecule has 1 aliphatic rings. The Bertz CT molecular complexity index is 889. The molecule has 23 heavy (non-hydrogen) atoms. The van der Waals surface area contributed by atoms with E-state index in [4.69, 9.17) is 0 Å². The first-order chi connectivity index (χ1) is 11.1. The quantitative estimate of drug-likeness (QED) is 0.775. The first-order valence-electron chi connectivity index (χ1n) is 8.00. The summed E-state index contributed by atoms with van der Waals surface area (Å²) >= 11 is 0. The van der Waals surface area contributed by atoms with Crippen LogP contribution in [0.1, 0.15) is 43.4 Å². The zero-order valence-corrected chi connectivity index (χ0v) is 13.3. The SMILES string of the molecule is CC(C)n1ncc2c1NC(=O)C[C@@H]2c1cccc2ccccc12. The van der Waals surface area contributed by atoms with Crippen LogP contribution < -0.4 is 5.32 Å². The lowest BCUT2D eigenvalue weighted by molar-refractivity contribution is -0.116. The summed E-state index contributed by atoms with van der Waals surface area (Å²) in [5.41, 5.74) is 2.30. The minimum atomic E-state index is 0.0531. The predicted octanol–water partition coefficient (Wildman–Crippen LogP) is 4.09. The third-order valence-corrected chi connectivity index (χ3v) is 4.53. The zero-order valence-electron chi connectivity index (χ0n) is 13.3. The standard InChI is InChI=1S/C19H19N3O/c1-12(2)22-19-17(11-20-22)16(10-18(23)21-19)15-9-5-7-13-6-3-4-8-14(13)15/h3-9,11-12,16H,10H2,1-2H3,(H,21,23)/t16-/m1/s1. The third-order valence-electron chi connectivity index (χ3n) is 4.53. The predicted molar refractivity (Wildman–Crippen MR) is 91.6 cm³/mol. The van der Waals surface area contributed by atoms with E-state index >= 15 is 0 Å². The summed E-state index contributed by atoms with van der Waals surface area (Å²) in [6.45, 7) is 4.14. The van der Waals surface area contributed by atoms with Gasteiger partial charge >= 0.3 is 0 Å². The highest BCUT2D eigenvalue weighted by molar-refractivity contribution is 5.96. The molecular formula is C19H19N3O. The van der Waals surface area contributed by atoms with Crippen LogP contribution in [0.4, 0.5) is 5.82 Å². The molecule has 2 aromatic carbocycles. The molecule has 3 aromatic rings. The van der Waals surface area contributed by atoms with E-state index in [1.54, 1.807) is 0 Å². The van der Waals surface area contributed by atoms with Gasteiger partial charge in [-0.3, -0.25) is 4.79 Å². The average molecular weight is 305 g/mol. The van der Waals surface area contributed by atoms with E-state index in [9.17, 15) is 4.79 Å². The minimum absolute atomic E-state index is 0.0531. The van der Waals surface area contributed by atoms with Crippen LogP contribution >= 0.6 is 0 Å². The van der Waals surface area contributed by atoms with E-state index in [2.05, 4.69) is 54.6 Å². The van der Waals surface area contributed by atoms with Crippen molar-refractivity contribution in [2.24, 2.45) is 0 Å². The molecule has 1 amide bonds. The molecule has 0 spiro atoms. The molecule has 1 N–H and O–H groups in total. The number of anilines is 1. The molecule has 0 radical (unpaired) electrons. The third kappa shape index (κ3) is 2.22.